The Morgan fingerprint density at radius 3 is 2.06 bits per heavy atom. The average molecular weight is 258 g/mol. The SMILES string of the molecule is CCC(C)(CC)NC(=O)NC(CC(C)C)C(=O)O. The maximum absolute atomic E-state index is 11.8. The second-order valence-corrected chi connectivity index (χ2v) is 5.39. The first-order chi connectivity index (χ1) is 8.24. The fourth-order valence-electron chi connectivity index (χ4n) is 1.59. The van der Waals surface area contributed by atoms with Gasteiger partial charge in [-0.2, -0.15) is 0 Å². The van der Waals surface area contributed by atoms with Gasteiger partial charge in [-0.15, -0.1) is 0 Å². The minimum atomic E-state index is -0.992. The Hall–Kier alpha value is -1.26. The van der Waals surface area contributed by atoms with Crippen molar-refractivity contribution in [2.24, 2.45) is 5.92 Å². The fraction of sp³-hybridized carbons (Fsp3) is 0.846. The van der Waals surface area contributed by atoms with Crippen LogP contribution >= 0.6 is 0 Å². The Kier molecular flexibility index (Phi) is 6.73. The number of urea groups is 1. The number of carboxylic acid groups (broad SMARTS) is 1. The third-order valence-corrected chi connectivity index (χ3v) is 3.29. The predicted octanol–water partition coefficient (Wildman–Crippen LogP) is 2.36. The summed E-state index contributed by atoms with van der Waals surface area (Å²) in [5.74, 6) is -0.774. The van der Waals surface area contributed by atoms with E-state index in [0.29, 0.717) is 6.42 Å². The molecule has 0 aliphatic carbocycles. The van der Waals surface area contributed by atoms with Gasteiger partial charge in [0.1, 0.15) is 6.04 Å². The number of carbonyl (C=O) groups excluding carboxylic acids is 1. The van der Waals surface area contributed by atoms with Gasteiger partial charge in [0.05, 0.1) is 0 Å². The van der Waals surface area contributed by atoms with E-state index in [9.17, 15) is 9.59 Å². The Balaban J connectivity index is 4.47. The number of hydrogen-bond acceptors (Lipinski definition) is 2. The first-order valence-electron chi connectivity index (χ1n) is 6.55. The van der Waals surface area contributed by atoms with Crippen LogP contribution in [0, 0.1) is 5.92 Å². The molecule has 0 fully saturated rings. The molecular weight excluding hydrogens is 232 g/mol. The Morgan fingerprint density at radius 1 is 1.22 bits per heavy atom. The monoisotopic (exact) mass is 258 g/mol. The zero-order valence-corrected chi connectivity index (χ0v) is 12.0. The summed E-state index contributed by atoms with van der Waals surface area (Å²) in [5, 5.41) is 14.4. The van der Waals surface area contributed by atoms with Crippen LogP contribution in [0.5, 0.6) is 0 Å². The van der Waals surface area contributed by atoms with E-state index in [4.69, 9.17) is 5.11 Å². The van der Waals surface area contributed by atoms with Crippen molar-refractivity contribution in [3.05, 3.63) is 0 Å². The number of nitrogens with one attached hydrogen (secondary N) is 2. The van der Waals surface area contributed by atoms with E-state index in [2.05, 4.69) is 10.6 Å². The molecule has 5 nitrogen and oxygen atoms in total. The van der Waals surface area contributed by atoms with E-state index >= 15 is 0 Å². The van der Waals surface area contributed by atoms with Crippen LogP contribution in [0.3, 0.4) is 0 Å². The van der Waals surface area contributed by atoms with Crippen LogP contribution in [0.4, 0.5) is 4.79 Å². The van der Waals surface area contributed by atoms with Crippen molar-refractivity contribution < 1.29 is 14.7 Å². The molecule has 2 amide bonds. The minimum Gasteiger partial charge on any atom is -0.480 e. The maximum atomic E-state index is 11.8. The van der Waals surface area contributed by atoms with E-state index in [0.717, 1.165) is 12.8 Å². The molecule has 0 bridgehead atoms. The van der Waals surface area contributed by atoms with Crippen LogP contribution in [0.25, 0.3) is 0 Å². The predicted molar refractivity (Wildman–Crippen MR) is 71.5 cm³/mol. The van der Waals surface area contributed by atoms with Crippen molar-refractivity contribution in [3.63, 3.8) is 0 Å². The minimum absolute atomic E-state index is 0.218. The molecule has 3 N–H and O–H groups in total. The molecule has 0 rings (SSSR count). The molecule has 1 unspecified atom stereocenters. The number of hydrogen-bond donors (Lipinski definition) is 3. The standard InChI is InChI=1S/C13H26N2O3/c1-6-13(5,7-2)15-12(18)14-10(11(16)17)8-9(3)4/h9-10H,6-8H2,1-5H3,(H,16,17)(H2,14,15,18). The molecule has 0 aliphatic heterocycles. The molecule has 0 radical (unpaired) electrons. The van der Waals surface area contributed by atoms with Gasteiger partial charge in [-0.1, -0.05) is 27.7 Å². The van der Waals surface area contributed by atoms with Crippen LogP contribution in [-0.4, -0.2) is 28.7 Å². The van der Waals surface area contributed by atoms with Crippen LogP contribution in [0.15, 0.2) is 0 Å². The Morgan fingerprint density at radius 2 is 1.72 bits per heavy atom. The quantitative estimate of drug-likeness (QED) is 0.656. The van der Waals surface area contributed by atoms with Gasteiger partial charge in [-0.05, 0) is 32.1 Å². The first kappa shape index (κ1) is 16.7. The molecule has 0 saturated heterocycles. The molecular formula is C13H26N2O3. The van der Waals surface area contributed by atoms with Gasteiger partial charge in [-0.25, -0.2) is 9.59 Å². The summed E-state index contributed by atoms with van der Waals surface area (Å²) < 4.78 is 0. The summed E-state index contributed by atoms with van der Waals surface area (Å²) in [7, 11) is 0. The Bertz CT molecular complexity index is 286. The molecule has 0 aliphatic rings. The number of rotatable bonds is 7. The van der Waals surface area contributed by atoms with Crippen LogP contribution in [0.2, 0.25) is 0 Å². The zero-order chi connectivity index (χ0) is 14.3. The van der Waals surface area contributed by atoms with Gasteiger partial charge in [0.15, 0.2) is 0 Å². The largest absolute Gasteiger partial charge is 0.480 e. The highest BCUT2D eigenvalue weighted by molar-refractivity contribution is 5.82. The van der Waals surface area contributed by atoms with E-state index < -0.39 is 18.0 Å². The lowest BCUT2D eigenvalue weighted by Crippen LogP contribution is -2.53. The highest BCUT2D eigenvalue weighted by Crippen LogP contribution is 2.13. The van der Waals surface area contributed by atoms with Crippen molar-refractivity contribution >= 4 is 12.0 Å². The summed E-state index contributed by atoms with van der Waals surface area (Å²) >= 11 is 0. The lowest BCUT2D eigenvalue weighted by Gasteiger charge is -2.29. The number of carboxylic acids is 1. The third kappa shape index (κ3) is 5.89. The topological polar surface area (TPSA) is 78.4 Å². The van der Waals surface area contributed by atoms with Crippen LogP contribution < -0.4 is 10.6 Å². The molecule has 0 heterocycles. The van der Waals surface area contributed by atoms with Crippen LogP contribution in [0.1, 0.15) is 53.9 Å². The van der Waals surface area contributed by atoms with E-state index in [1.54, 1.807) is 0 Å². The van der Waals surface area contributed by atoms with Crippen molar-refractivity contribution in [1.29, 1.82) is 0 Å². The molecule has 106 valence electrons. The van der Waals surface area contributed by atoms with E-state index in [1.807, 2.05) is 34.6 Å². The van der Waals surface area contributed by atoms with Gasteiger partial charge in [0.25, 0.3) is 0 Å². The summed E-state index contributed by atoms with van der Waals surface area (Å²) in [5.41, 5.74) is -0.287. The third-order valence-electron chi connectivity index (χ3n) is 3.29. The second kappa shape index (κ2) is 7.24. The lowest BCUT2D eigenvalue weighted by atomic mass is 9.96. The zero-order valence-electron chi connectivity index (χ0n) is 12.0. The normalized spacial score (nSPS) is 13.2. The van der Waals surface area contributed by atoms with Crippen molar-refractivity contribution in [1.82, 2.24) is 10.6 Å². The maximum Gasteiger partial charge on any atom is 0.326 e. The molecule has 0 aromatic rings. The van der Waals surface area contributed by atoms with Gasteiger partial charge in [0.2, 0.25) is 0 Å². The molecule has 0 spiro atoms. The van der Waals surface area contributed by atoms with Gasteiger partial charge in [0, 0.05) is 5.54 Å². The van der Waals surface area contributed by atoms with E-state index in [1.165, 1.54) is 0 Å². The molecule has 18 heavy (non-hydrogen) atoms. The highest BCUT2D eigenvalue weighted by Gasteiger charge is 2.25. The number of amides is 2. The fourth-order valence-corrected chi connectivity index (χ4v) is 1.59. The van der Waals surface area contributed by atoms with Crippen LogP contribution in [-0.2, 0) is 4.79 Å². The lowest BCUT2D eigenvalue weighted by molar-refractivity contribution is -0.139. The highest BCUT2D eigenvalue weighted by atomic mass is 16.4. The van der Waals surface area contributed by atoms with Gasteiger partial charge in [-0.3, -0.25) is 0 Å². The van der Waals surface area contributed by atoms with Crippen molar-refractivity contribution in [2.45, 2.75) is 65.5 Å². The van der Waals surface area contributed by atoms with Gasteiger partial charge >= 0.3 is 12.0 Å². The molecule has 0 aromatic carbocycles. The molecule has 5 heteroatoms. The molecule has 0 aromatic heterocycles. The number of carbonyl (C=O) groups is 2. The average Bonchev–Trinajstić information content (AvgIpc) is 2.27. The summed E-state index contributed by atoms with van der Waals surface area (Å²) in [4.78, 5) is 22.8. The summed E-state index contributed by atoms with van der Waals surface area (Å²) in [6.07, 6.45) is 2.04. The molecule has 1 atom stereocenters. The molecule has 0 saturated carbocycles. The first-order valence-corrected chi connectivity index (χ1v) is 6.55. The summed E-state index contributed by atoms with van der Waals surface area (Å²) in [6, 6.07) is -1.24. The Labute approximate surface area is 109 Å². The number of aliphatic carboxylic acids is 1. The van der Waals surface area contributed by atoms with Crippen molar-refractivity contribution in [3.8, 4) is 0 Å². The smallest absolute Gasteiger partial charge is 0.326 e. The van der Waals surface area contributed by atoms with E-state index in [-0.39, 0.29) is 11.5 Å². The van der Waals surface area contributed by atoms with Gasteiger partial charge < -0.3 is 15.7 Å². The summed E-state index contributed by atoms with van der Waals surface area (Å²) in [6.45, 7) is 9.79. The van der Waals surface area contributed by atoms with Crippen molar-refractivity contribution in [2.75, 3.05) is 0 Å². The second-order valence-electron chi connectivity index (χ2n) is 5.39.